The number of para-hydroxylation sites is 1. The molecule has 0 radical (unpaired) electrons. The van der Waals surface area contributed by atoms with Gasteiger partial charge >= 0.3 is 0 Å². The van der Waals surface area contributed by atoms with Gasteiger partial charge in [-0.1, -0.05) is 18.2 Å². The number of aromatic nitrogens is 1. The summed E-state index contributed by atoms with van der Waals surface area (Å²) in [6.07, 6.45) is 1.79. The fraction of sp³-hybridized carbons (Fsp3) is 0.143. The average molecular weight is 272 g/mol. The molecule has 3 rings (SSSR count). The van der Waals surface area contributed by atoms with Crippen molar-refractivity contribution < 1.29 is 9.59 Å². The fourth-order valence-electron chi connectivity index (χ4n) is 2.28. The van der Waals surface area contributed by atoms with Gasteiger partial charge in [0.15, 0.2) is 0 Å². The number of rotatable bonds is 1. The van der Waals surface area contributed by atoms with E-state index in [1.807, 2.05) is 38.2 Å². The second-order valence-electron chi connectivity index (χ2n) is 4.43. The third-order valence-electron chi connectivity index (χ3n) is 3.37. The van der Waals surface area contributed by atoms with Gasteiger partial charge in [0.2, 0.25) is 0 Å². The van der Waals surface area contributed by atoms with E-state index in [0.29, 0.717) is 4.91 Å². The molecule has 5 heteroatoms. The summed E-state index contributed by atoms with van der Waals surface area (Å²) in [6, 6.07) is 8.02. The summed E-state index contributed by atoms with van der Waals surface area (Å²) >= 11 is 0.947. The third-order valence-corrected chi connectivity index (χ3v) is 4.18. The summed E-state index contributed by atoms with van der Waals surface area (Å²) in [4.78, 5) is 23.3. The molecule has 1 aromatic heterocycles. The van der Waals surface area contributed by atoms with E-state index in [1.54, 1.807) is 6.08 Å². The maximum absolute atomic E-state index is 11.6. The van der Waals surface area contributed by atoms with Crippen LogP contribution >= 0.6 is 11.8 Å². The number of hydrogen-bond donors (Lipinski definition) is 1. The zero-order valence-corrected chi connectivity index (χ0v) is 11.4. The van der Waals surface area contributed by atoms with Crippen LogP contribution < -0.4 is 5.32 Å². The lowest BCUT2D eigenvalue weighted by Crippen LogP contribution is -2.17. The Kier molecular flexibility index (Phi) is 2.71. The first-order chi connectivity index (χ1) is 9.08. The van der Waals surface area contributed by atoms with Gasteiger partial charge in [-0.3, -0.25) is 14.9 Å². The molecule has 1 aromatic carbocycles. The number of carbonyl (C=O) groups is 2. The van der Waals surface area contributed by atoms with Crippen LogP contribution in [0, 0.1) is 6.92 Å². The van der Waals surface area contributed by atoms with E-state index in [2.05, 4.69) is 9.88 Å². The molecule has 0 atom stereocenters. The highest BCUT2D eigenvalue weighted by Crippen LogP contribution is 2.31. The molecule has 0 saturated carbocycles. The van der Waals surface area contributed by atoms with Gasteiger partial charge in [0.05, 0.1) is 4.91 Å². The first kappa shape index (κ1) is 12.0. The molecule has 96 valence electrons. The Morgan fingerprint density at radius 3 is 2.68 bits per heavy atom. The molecule has 4 nitrogen and oxygen atoms in total. The van der Waals surface area contributed by atoms with Crippen molar-refractivity contribution in [3.05, 3.63) is 40.4 Å². The first-order valence-corrected chi connectivity index (χ1v) is 6.68. The predicted molar refractivity (Wildman–Crippen MR) is 76.8 cm³/mol. The lowest BCUT2D eigenvalue weighted by Gasteiger charge is -1.98. The van der Waals surface area contributed by atoms with Gasteiger partial charge < -0.3 is 4.57 Å². The monoisotopic (exact) mass is 272 g/mol. The highest BCUT2D eigenvalue weighted by Gasteiger charge is 2.25. The van der Waals surface area contributed by atoms with E-state index in [0.717, 1.165) is 33.9 Å². The topological polar surface area (TPSA) is 51.1 Å². The van der Waals surface area contributed by atoms with Crippen molar-refractivity contribution in [2.24, 2.45) is 7.05 Å². The molecule has 2 heterocycles. The molecule has 19 heavy (non-hydrogen) atoms. The zero-order valence-electron chi connectivity index (χ0n) is 10.6. The summed E-state index contributed by atoms with van der Waals surface area (Å²) in [5.41, 5.74) is 3.17. The van der Waals surface area contributed by atoms with Gasteiger partial charge in [0.1, 0.15) is 0 Å². The van der Waals surface area contributed by atoms with E-state index < -0.39 is 0 Å². The smallest absolute Gasteiger partial charge is 0.290 e. The van der Waals surface area contributed by atoms with Crippen molar-refractivity contribution in [3.8, 4) is 0 Å². The van der Waals surface area contributed by atoms with E-state index >= 15 is 0 Å². The van der Waals surface area contributed by atoms with Crippen LogP contribution in [0.5, 0.6) is 0 Å². The van der Waals surface area contributed by atoms with E-state index in [1.165, 1.54) is 0 Å². The SMILES string of the molecule is Cc1c(/C=C2/SC(=O)NC2=O)c2ccccc2n1C. The Hall–Kier alpha value is -2.01. The molecule has 1 saturated heterocycles. The second-order valence-corrected chi connectivity index (χ2v) is 5.44. The maximum atomic E-state index is 11.6. The van der Waals surface area contributed by atoms with E-state index in [4.69, 9.17) is 0 Å². The van der Waals surface area contributed by atoms with Crippen LogP contribution in [0.1, 0.15) is 11.3 Å². The van der Waals surface area contributed by atoms with Gasteiger partial charge in [-0.2, -0.15) is 0 Å². The molecular weight excluding hydrogens is 260 g/mol. The molecule has 0 aliphatic carbocycles. The lowest BCUT2D eigenvalue weighted by atomic mass is 10.1. The summed E-state index contributed by atoms with van der Waals surface area (Å²) in [5, 5.41) is 3.05. The van der Waals surface area contributed by atoms with Gasteiger partial charge in [-0.05, 0) is 30.8 Å². The van der Waals surface area contributed by atoms with Crippen molar-refractivity contribution in [2.75, 3.05) is 0 Å². The Morgan fingerprint density at radius 1 is 1.26 bits per heavy atom. The third kappa shape index (κ3) is 1.86. The molecule has 0 spiro atoms. The van der Waals surface area contributed by atoms with Crippen LogP contribution in [0.2, 0.25) is 0 Å². The number of nitrogens with zero attached hydrogens (tertiary/aromatic N) is 1. The van der Waals surface area contributed by atoms with Crippen LogP contribution in [0.4, 0.5) is 4.79 Å². The molecule has 2 amide bonds. The quantitative estimate of drug-likeness (QED) is 0.812. The minimum absolute atomic E-state index is 0.311. The van der Waals surface area contributed by atoms with Crippen molar-refractivity contribution >= 4 is 39.9 Å². The van der Waals surface area contributed by atoms with E-state index in [-0.39, 0.29) is 11.1 Å². The number of fused-ring (bicyclic) bond motifs is 1. The molecule has 1 aliphatic rings. The molecule has 2 aromatic rings. The zero-order chi connectivity index (χ0) is 13.6. The number of thioether (sulfide) groups is 1. The fourth-order valence-corrected chi connectivity index (χ4v) is 2.95. The number of benzene rings is 1. The molecule has 0 unspecified atom stereocenters. The largest absolute Gasteiger partial charge is 0.347 e. The molecular formula is C14H12N2O2S. The lowest BCUT2D eigenvalue weighted by molar-refractivity contribution is -0.115. The number of amides is 2. The minimum Gasteiger partial charge on any atom is -0.347 e. The molecule has 1 N–H and O–H groups in total. The molecule has 1 fully saturated rings. The Morgan fingerprint density at radius 2 is 2.00 bits per heavy atom. The number of nitrogens with one attached hydrogen (secondary N) is 1. The standard InChI is InChI=1S/C14H12N2O2S/c1-8-10(7-12-13(17)15-14(18)19-12)9-5-3-4-6-11(9)16(8)2/h3-7H,1-2H3,(H,15,17,18)/b12-7+. The van der Waals surface area contributed by atoms with Gasteiger partial charge in [0.25, 0.3) is 11.1 Å². The van der Waals surface area contributed by atoms with Crippen molar-refractivity contribution in [1.82, 2.24) is 9.88 Å². The number of imide groups is 1. The minimum atomic E-state index is -0.317. The Bertz CT molecular complexity index is 743. The number of hydrogen-bond acceptors (Lipinski definition) is 3. The van der Waals surface area contributed by atoms with Gasteiger partial charge in [0, 0.05) is 29.2 Å². The second kappa shape index (κ2) is 4.28. The maximum Gasteiger partial charge on any atom is 0.290 e. The summed E-state index contributed by atoms with van der Waals surface area (Å²) < 4.78 is 2.08. The van der Waals surface area contributed by atoms with Crippen LogP contribution in [0.3, 0.4) is 0 Å². The Labute approximate surface area is 114 Å². The van der Waals surface area contributed by atoms with Gasteiger partial charge in [-0.15, -0.1) is 0 Å². The normalized spacial score (nSPS) is 17.5. The summed E-state index contributed by atoms with van der Waals surface area (Å²) in [7, 11) is 1.99. The van der Waals surface area contributed by atoms with E-state index in [9.17, 15) is 9.59 Å². The van der Waals surface area contributed by atoms with Gasteiger partial charge in [-0.25, -0.2) is 0 Å². The number of carbonyl (C=O) groups excluding carboxylic acids is 2. The predicted octanol–water partition coefficient (Wildman–Crippen LogP) is 2.81. The van der Waals surface area contributed by atoms with Crippen LogP contribution in [-0.4, -0.2) is 15.7 Å². The average Bonchev–Trinajstić information content (AvgIpc) is 2.83. The molecule has 1 aliphatic heterocycles. The first-order valence-electron chi connectivity index (χ1n) is 5.87. The van der Waals surface area contributed by atoms with Crippen molar-refractivity contribution in [1.29, 1.82) is 0 Å². The Balaban J connectivity index is 2.21. The summed E-state index contributed by atoms with van der Waals surface area (Å²) in [5.74, 6) is -0.317. The van der Waals surface area contributed by atoms with Crippen LogP contribution in [-0.2, 0) is 11.8 Å². The number of aryl methyl sites for hydroxylation is 1. The molecule has 0 bridgehead atoms. The van der Waals surface area contributed by atoms with Crippen molar-refractivity contribution in [2.45, 2.75) is 6.92 Å². The highest BCUT2D eigenvalue weighted by molar-refractivity contribution is 8.18. The van der Waals surface area contributed by atoms with Crippen LogP contribution in [0.25, 0.3) is 17.0 Å². The van der Waals surface area contributed by atoms with Crippen LogP contribution in [0.15, 0.2) is 29.2 Å². The summed E-state index contributed by atoms with van der Waals surface area (Å²) in [6.45, 7) is 2.01. The highest BCUT2D eigenvalue weighted by atomic mass is 32.2. The van der Waals surface area contributed by atoms with Crippen molar-refractivity contribution in [3.63, 3.8) is 0 Å².